The molecule has 0 radical (unpaired) electrons. The Morgan fingerprint density at radius 3 is 2.52 bits per heavy atom. The van der Waals surface area contributed by atoms with E-state index in [2.05, 4.69) is 78.3 Å². The molecule has 0 aromatic heterocycles. The van der Waals surface area contributed by atoms with E-state index in [0.29, 0.717) is 6.61 Å². The van der Waals surface area contributed by atoms with Crippen LogP contribution >= 0.6 is 15.9 Å². The molecule has 0 fully saturated rings. The minimum atomic E-state index is 0.565. The van der Waals surface area contributed by atoms with E-state index in [1.54, 1.807) is 0 Å². The molecule has 3 aromatic rings. The standard InChI is InChI=1S/C19H17BrO/c1-13-9-10-18(20)15(11-13)12-21-19-8-4-6-16-14(2)5-3-7-17(16)19/h3-11H,12H2,1-2H3. The lowest BCUT2D eigenvalue weighted by atomic mass is 10.1. The predicted octanol–water partition coefficient (Wildman–Crippen LogP) is 5.80. The molecule has 0 atom stereocenters. The van der Waals surface area contributed by atoms with Gasteiger partial charge in [-0.1, -0.05) is 64.0 Å². The Labute approximate surface area is 133 Å². The zero-order valence-corrected chi connectivity index (χ0v) is 13.8. The Kier molecular flexibility index (Phi) is 3.98. The molecule has 0 heterocycles. The van der Waals surface area contributed by atoms with Crippen LogP contribution in [0, 0.1) is 13.8 Å². The molecule has 0 N–H and O–H groups in total. The first-order valence-electron chi connectivity index (χ1n) is 7.01. The zero-order valence-electron chi connectivity index (χ0n) is 12.2. The summed E-state index contributed by atoms with van der Waals surface area (Å²) in [5, 5.41) is 2.42. The van der Waals surface area contributed by atoms with Crippen LogP contribution in [0.3, 0.4) is 0 Å². The average Bonchev–Trinajstić information content (AvgIpc) is 2.49. The van der Waals surface area contributed by atoms with Gasteiger partial charge in [0.1, 0.15) is 12.4 Å². The quantitative estimate of drug-likeness (QED) is 0.585. The highest BCUT2D eigenvalue weighted by molar-refractivity contribution is 9.10. The normalized spacial score (nSPS) is 10.8. The monoisotopic (exact) mass is 340 g/mol. The van der Waals surface area contributed by atoms with Gasteiger partial charge in [-0.05, 0) is 36.9 Å². The molecule has 0 spiro atoms. The van der Waals surface area contributed by atoms with Gasteiger partial charge in [0.05, 0.1) is 0 Å². The van der Waals surface area contributed by atoms with Crippen LogP contribution in [-0.2, 0) is 6.61 Å². The highest BCUT2D eigenvalue weighted by Crippen LogP contribution is 2.29. The van der Waals surface area contributed by atoms with Crippen LogP contribution in [0.25, 0.3) is 10.8 Å². The Bertz CT molecular complexity index is 793. The van der Waals surface area contributed by atoms with Gasteiger partial charge in [0.2, 0.25) is 0 Å². The maximum absolute atomic E-state index is 6.07. The van der Waals surface area contributed by atoms with Crippen molar-refractivity contribution in [2.75, 3.05) is 0 Å². The molecule has 0 bridgehead atoms. The summed E-state index contributed by atoms with van der Waals surface area (Å²) in [5.74, 6) is 0.935. The van der Waals surface area contributed by atoms with Crippen molar-refractivity contribution in [3.8, 4) is 5.75 Å². The molecule has 3 rings (SSSR count). The van der Waals surface area contributed by atoms with Gasteiger partial charge < -0.3 is 4.74 Å². The minimum absolute atomic E-state index is 0.565. The molecule has 3 aromatic carbocycles. The Hall–Kier alpha value is -1.80. The van der Waals surface area contributed by atoms with E-state index in [4.69, 9.17) is 4.74 Å². The molecular weight excluding hydrogens is 324 g/mol. The number of rotatable bonds is 3. The van der Waals surface area contributed by atoms with Gasteiger partial charge in [-0.25, -0.2) is 0 Å². The summed E-state index contributed by atoms with van der Waals surface area (Å²) < 4.78 is 7.15. The lowest BCUT2D eigenvalue weighted by molar-refractivity contribution is 0.309. The number of hydrogen-bond acceptors (Lipinski definition) is 1. The van der Waals surface area contributed by atoms with Crippen molar-refractivity contribution in [3.63, 3.8) is 0 Å². The maximum atomic E-state index is 6.07. The topological polar surface area (TPSA) is 9.23 Å². The molecule has 0 unspecified atom stereocenters. The third-order valence-corrected chi connectivity index (χ3v) is 4.46. The fourth-order valence-electron chi connectivity index (χ4n) is 2.53. The van der Waals surface area contributed by atoms with Crippen LogP contribution in [-0.4, -0.2) is 0 Å². The second-order valence-electron chi connectivity index (χ2n) is 5.31. The van der Waals surface area contributed by atoms with Gasteiger partial charge >= 0.3 is 0 Å². The van der Waals surface area contributed by atoms with E-state index in [1.165, 1.54) is 27.5 Å². The maximum Gasteiger partial charge on any atom is 0.127 e. The number of benzene rings is 3. The van der Waals surface area contributed by atoms with Crippen LogP contribution in [0.15, 0.2) is 59.1 Å². The van der Waals surface area contributed by atoms with Gasteiger partial charge in [0.15, 0.2) is 0 Å². The van der Waals surface area contributed by atoms with Crippen LogP contribution < -0.4 is 4.74 Å². The Balaban J connectivity index is 1.92. The van der Waals surface area contributed by atoms with Crippen molar-refractivity contribution in [3.05, 3.63) is 75.8 Å². The summed E-state index contributed by atoms with van der Waals surface area (Å²) in [5.41, 5.74) is 3.68. The second-order valence-corrected chi connectivity index (χ2v) is 6.16. The van der Waals surface area contributed by atoms with E-state index < -0.39 is 0 Å². The Morgan fingerprint density at radius 1 is 0.905 bits per heavy atom. The van der Waals surface area contributed by atoms with Gasteiger partial charge in [0, 0.05) is 15.4 Å². The lowest BCUT2D eigenvalue weighted by Gasteiger charge is -2.12. The van der Waals surface area contributed by atoms with Crippen molar-refractivity contribution in [2.24, 2.45) is 0 Å². The number of halogens is 1. The number of hydrogen-bond donors (Lipinski definition) is 0. The first kappa shape index (κ1) is 14.2. The van der Waals surface area contributed by atoms with Crippen molar-refractivity contribution < 1.29 is 4.74 Å². The van der Waals surface area contributed by atoms with Crippen LogP contribution in [0.5, 0.6) is 5.75 Å². The highest BCUT2D eigenvalue weighted by Gasteiger charge is 2.06. The fourth-order valence-corrected chi connectivity index (χ4v) is 2.89. The molecule has 0 saturated carbocycles. The Morgan fingerprint density at radius 2 is 1.67 bits per heavy atom. The molecule has 0 aliphatic heterocycles. The molecule has 1 nitrogen and oxygen atoms in total. The summed E-state index contributed by atoms with van der Waals surface area (Å²) >= 11 is 3.59. The van der Waals surface area contributed by atoms with Crippen molar-refractivity contribution in [2.45, 2.75) is 20.5 Å². The molecular formula is C19H17BrO. The molecule has 0 aliphatic carbocycles. The summed E-state index contributed by atoms with van der Waals surface area (Å²) in [4.78, 5) is 0. The van der Waals surface area contributed by atoms with Gasteiger partial charge in [-0.3, -0.25) is 0 Å². The largest absolute Gasteiger partial charge is 0.488 e. The minimum Gasteiger partial charge on any atom is -0.488 e. The molecule has 0 amide bonds. The highest BCUT2D eigenvalue weighted by atomic mass is 79.9. The van der Waals surface area contributed by atoms with Crippen molar-refractivity contribution in [1.82, 2.24) is 0 Å². The summed E-state index contributed by atoms with van der Waals surface area (Å²) in [6.07, 6.45) is 0. The first-order valence-corrected chi connectivity index (χ1v) is 7.80. The molecule has 0 aliphatic rings. The molecule has 106 valence electrons. The summed E-state index contributed by atoms with van der Waals surface area (Å²) in [6, 6.07) is 18.9. The predicted molar refractivity (Wildman–Crippen MR) is 91.9 cm³/mol. The third-order valence-electron chi connectivity index (χ3n) is 3.68. The van der Waals surface area contributed by atoms with E-state index in [1.807, 2.05) is 6.07 Å². The second kappa shape index (κ2) is 5.90. The number of fused-ring (bicyclic) bond motifs is 1. The van der Waals surface area contributed by atoms with E-state index in [9.17, 15) is 0 Å². The van der Waals surface area contributed by atoms with Crippen molar-refractivity contribution in [1.29, 1.82) is 0 Å². The molecule has 21 heavy (non-hydrogen) atoms. The van der Waals surface area contributed by atoms with E-state index in [0.717, 1.165) is 10.2 Å². The van der Waals surface area contributed by atoms with Gasteiger partial charge in [0.25, 0.3) is 0 Å². The van der Waals surface area contributed by atoms with Gasteiger partial charge in [-0.15, -0.1) is 0 Å². The van der Waals surface area contributed by atoms with E-state index in [-0.39, 0.29) is 0 Å². The summed E-state index contributed by atoms with van der Waals surface area (Å²) in [6.45, 7) is 4.79. The number of aryl methyl sites for hydroxylation is 2. The van der Waals surface area contributed by atoms with Crippen LogP contribution in [0.1, 0.15) is 16.7 Å². The van der Waals surface area contributed by atoms with Gasteiger partial charge in [-0.2, -0.15) is 0 Å². The lowest BCUT2D eigenvalue weighted by Crippen LogP contribution is -1.97. The van der Waals surface area contributed by atoms with E-state index >= 15 is 0 Å². The fraction of sp³-hybridized carbons (Fsp3) is 0.158. The SMILES string of the molecule is Cc1ccc(Br)c(COc2cccc3c(C)cccc23)c1. The van der Waals surface area contributed by atoms with Crippen LogP contribution in [0.4, 0.5) is 0 Å². The zero-order chi connectivity index (χ0) is 14.8. The summed E-state index contributed by atoms with van der Waals surface area (Å²) in [7, 11) is 0. The molecule has 0 saturated heterocycles. The number of ether oxygens (including phenoxy) is 1. The van der Waals surface area contributed by atoms with Crippen LogP contribution in [0.2, 0.25) is 0 Å². The average molecular weight is 341 g/mol. The van der Waals surface area contributed by atoms with Crippen molar-refractivity contribution >= 4 is 26.7 Å². The third kappa shape index (κ3) is 2.96. The first-order chi connectivity index (χ1) is 10.1. The smallest absolute Gasteiger partial charge is 0.127 e. The molecule has 2 heteroatoms.